The smallest absolute Gasteiger partial charge is 0.123 e. The lowest BCUT2D eigenvalue weighted by Crippen LogP contribution is -2.41. The monoisotopic (exact) mass is 1590 g/mol. The fraction of sp³-hybridized carbons (Fsp3) is 0.388. The van der Waals surface area contributed by atoms with Crippen molar-refractivity contribution in [1.29, 1.82) is 0 Å². The minimum absolute atomic E-state index is 0.232. The van der Waals surface area contributed by atoms with E-state index in [1.165, 1.54) is 135 Å². The molecule has 622 valence electrons. The van der Waals surface area contributed by atoms with Crippen LogP contribution in [0, 0.1) is 67.0 Å². The number of hydrogen-bond donors (Lipinski definition) is 4. The maximum Gasteiger partial charge on any atom is 0.123 e. The number of fused-ring (bicyclic) bond motifs is 4. The Kier molecular flexibility index (Phi) is 33.7. The lowest BCUT2D eigenvalue weighted by atomic mass is 10.0. The number of halogens is 1. The standard InChI is InChI=1S/C28H36N4.C27H35N5.C24H28FN3.C24H29N3/c1-5-32-26(9-7-17-29-24-13-11-22(2)12-14-24)20-27-23(8-6-10-28(27)32)21-31-18-15-25(16-19-31)30(3)4;1-5-32-25(9-7-14-29-23-11-15-28-21(2)18-23)19-26-22(8-6-10-27(26)32)20-31-16-12-24(13-17-31)30(3)4;1-4-27(5-2)18-19-9-7-11-24-23(19)17-22(28(24)6-3)10-8-16-26-21-14-12-20(25)13-15-21;1-4-26(5-2)19-20-12-10-16-24-23(20)18-22(27(24)6-3)15-11-17-25-21-13-8-7-9-14-21/h6,8,10-14,20,25,29H,5,15-19,21H2,1-4H3;6,8,10-11,15,18-19,24H,5,12-14,16-17,20H2,1-4H3,(H,28,29);7,9,11-15,17,26H,4-6,16,18H2,1-3H3;7-10,12-14,16,18,25H,4-6,17,19H2,1-3H3. The summed E-state index contributed by atoms with van der Waals surface area (Å²) in [6.45, 7) is 40.6. The maximum atomic E-state index is 13.0. The molecule has 4 N–H and O–H groups in total. The average molecular weight is 1600 g/mol. The Morgan fingerprint density at radius 2 is 0.697 bits per heavy atom. The molecule has 5 aromatic heterocycles. The Balaban J connectivity index is 0.000000156. The molecule has 2 saturated heterocycles. The molecule has 14 rings (SSSR count). The zero-order valence-electron chi connectivity index (χ0n) is 73.4. The van der Waals surface area contributed by atoms with E-state index in [-0.39, 0.29) is 5.82 Å². The highest BCUT2D eigenvalue weighted by Crippen LogP contribution is 2.31. The molecular formula is C103H128FN15. The van der Waals surface area contributed by atoms with Gasteiger partial charge in [0.2, 0.25) is 0 Å². The first-order valence-electron chi connectivity index (χ1n) is 43.4. The van der Waals surface area contributed by atoms with Crippen molar-refractivity contribution in [3.8, 4) is 47.4 Å². The summed E-state index contributed by atoms with van der Waals surface area (Å²) in [6.07, 6.45) is 6.83. The molecule has 15 nitrogen and oxygen atoms in total. The second-order valence-electron chi connectivity index (χ2n) is 31.4. The van der Waals surface area contributed by atoms with Crippen LogP contribution in [0.5, 0.6) is 0 Å². The van der Waals surface area contributed by atoms with Crippen molar-refractivity contribution in [2.75, 3.05) is 128 Å². The van der Waals surface area contributed by atoms with Crippen LogP contribution in [0.25, 0.3) is 43.6 Å². The predicted octanol–water partition coefficient (Wildman–Crippen LogP) is 19.4. The number of para-hydroxylation sites is 1. The van der Waals surface area contributed by atoms with E-state index in [0.29, 0.717) is 26.2 Å². The minimum Gasteiger partial charge on any atom is -0.374 e. The van der Waals surface area contributed by atoms with Gasteiger partial charge in [-0.25, -0.2) is 4.39 Å². The Morgan fingerprint density at radius 1 is 0.370 bits per heavy atom. The van der Waals surface area contributed by atoms with Gasteiger partial charge in [-0.1, -0.05) is 136 Å². The summed E-state index contributed by atoms with van der Waals surface area (Å²) in [5.74, 6) is 26.4. The van der Waals surface area contributed by atoms with Gasteiger partial charge in [-0.05, 0) is 303 Å². The molecule has 7 aromatic carbocycles. The van der Waals surface area contributed by atoms with Gasteiger partial charge >= 0.3 is 0 Å². The summed E-state index contributed by atoms with van der Waals surface area (Å²) in [5.41, 5.74) is 21.4. The number of rotatable bonds is 26. The Morgan fingerprint density at radius 3 is 1.03 bits per heavy atom. The predicted molar refractivity (Wildman–Crippen MR) is 502 cm³/mol. The van der Waals surface area contributed by atoms with E-state index in [0.717, 1.165) is 142 Å². The molecular weight excluding hydrogens is 1470 g/mol. The molecule has 16 heteroatoms. The van der Waals surface area contributed by atoms with Crippen molar-refractivity contribution in [2.45, 2.75) is 159 Å². The molecule has 2 aliphatic heterocycles. The number of nitrogens with zero attached hydrogens (tertiary/aromatic N) is 11. The van der Waals surface area contributed by atoms with Crippen LogP contribution in [0.15, 0.2) is 194 Å². The summed E-state index contributed by atoms with van der Waals surface area (Å²) < 4.78 is 22.2. The van der Waals surface area contributed by atoms with Crippen molar-refractivity contribution in [3.63, 3.8) is 0 Å². The van der Waals surface area contributed by atoms with Gasteiger partial charge in [-0.3, -0.25) is 24.6 Å². The number of benzene rings is 7. The zero-order chi connectivity index (χ0) is 84.0. The molecule has 0 bridgehead atoms. The molecule has 7 heterocycles. The van der Waals surface area contributed by atoms with E-state index in [4.69, 9.17) is 0 Å². The van der Waals surface area contributed by atoms with Crippen LogP contribution in [0.2, 0.25) is 0 Å². The van der Waals surface area contributed by atoms with E-state index in [2.05, 4.69) is 345 Å². The van der Waals surface area contributed by atoms with Gasteiger partial charge in [-0.15, -0.1) is 0 Å². The number of nitrogens with one attached hydrogen (secondary N) is 4. The minimum atomic E-state index is -0.232. The van der Waals surface area contributed by atoms with Crippen molar-refractivity contribution in [2.24, 2.45) is 0 Å². The van der Waals surface area contributed by atoms with Crippen LogP contribution < -0.4 is 21.3 Å². The third kappa shape index (κ3) is 24.6. The molecule has 2 aliphatic rings. The summed E-state index contributed by atoms with van der Waals surface area (Å²) in [4.78, 5) is 19.1. The van der Waals surface area contributed by atoms with Crippen LogP contribution in [0.1, 0.15) is 137 Å². The van der Waals surface area contributed by atoms with Gasteiger partial charge in [0.25, 0.3) is 0 Å². The summed E-state index contributed by atoms with van der Waals surface area (Å²) in [6, 6.07) is 66.1. The highest BCUT2D eigenvalue weighted by Gasteiger charge is 2.24. The average Bonchev–Trinajstić information content (AvgIpc) is 1.66. The van der Waals surface area contributed by atoms with Gasteiger partial charge in [0.15, 0.2) is 0 Å². The summed E-state index contributed by atoms with van der Waals surface area (Å²) in [5, 5.41) is 18.6. The van der Waals surface area contributed by atoms with E-state index in [1.54, 1.807) is 12.1 Å². The molecule has 0 amide bonds. The van der Waals surface area contributed by atoms with Gasteiger partial charge in [-0.2, -0.15) is 0 Å². The summed E-state index contributed by atoms with van der Waals surface area (Å²) in [7, 11) is 8.80. The Bertz CT molecular complexity index is 5460. The van der Waals surface area contributed by atoms with E-state index in [1.807, 2.05) is 43.5 Å². The highest BCUT2D eigenvalue weighted by atomic mass is 19.1. The van der Waals surface area contributed by atoms with Crippen LogP contribution in [0.3, 0.4) is 0 Å². The number of likely N-dealkylation sites (tertiary alicyclic amines) is 2. The van der Waals surface area contributed by atoms with E-state index >= 15 is 0 Å². The van der Waals surface area contributed by atoms with Crippen LogP contribution in [0.4, 0.5) is 27.1 Å². The Labute approximate surface area is 710 Å². The first-order chi connectivity index (χ1) is 58.0. The normalized spacial score (nSPS) is 13.2. The molecule has 0 radical (unpaired) electrons. The molecule has 0 atom stereocenters. The number of aryl methyl sites for hydroxylation is 6. The lowest BCUT2D eigenvalue weighted by Gasteiger charge is -2.35. The van der Waals surface area contributed by atoms with Crippen LogP contribution in [-0.2, 0) is 52.4 Å². The van der Waals surface area contributed by atoms with Gasteiger partial charge in [0.1, 0.15) is 5.82 Å². The number of pyridine rings is 1. The van der Waals surface area contributed by atoms with Crippen LogP contribution in [-0.4, -0.2) is 171 Å². The fourth-order valence-electron chi connectivity index (χ4n) is 16.3. The van der Waals surface area contributed by atoms with Gasteiger partial charge in [0, 0.05) is 143 Å². The zero-order valence-corrected chi connectivity index (χ0v) is 73.4. The number of aromatic nitrogens is 5. The number of anilines is 4. The van der Waals surface area contributed by atoms with E-state index in [9.17, 15) is 4.39 Å². The first-order valence-corrected chi connectivity index (χ1v) is 43.4. The third-order valence-corrected chi connectivity index (χ3v) is 23.3. The molecule has 0 spiro atoms. The Hall–Kier alpha value is -11.0. The molecule has 0 unspecified atom stereocenters. The van der Waals surface area contributed by atoms with Crippen molar-refractivity contribution in [3.05, 3.63) is 256 Å². The summed E-state index contributed by atoms with van der Waals surface area (Å²) >= 11 is 0. The van der Waals surface area contributed by atoms with Gasteiger partial charge in [0.05, 0.1) is 49.0 Å². The van der Waals surface area contributed by atoms with Crippen molar-refractivity contribution in [1.82, 2.24) is 52.7 Å². The maximum absolute atomic E-state index is 13.0. The molecule has 119 heavy (non-hydrogen) atoms. The molecule has 2 fully saturated rings. The topological polar surface area (TPSA) is 100 Å². The van der Waals surface area contributed by atoms with Crippen LogP contribution >= 0.6 is 0 Å². The lowest BCUT2D eigenvalue weighted by molar-refractivity contribution is 0.140. The van der Waals surface area contributed by atoms with E-state index < -0.39 is 0 Å². The molecule has 0 saturated carbocycles. The molecule has 12 aromatic rings. The third-order valence-electron chi connectivity index (χ3n) is 23.3. The largest absolute Gasteiger partial charge is 0.374 e. The number of piperidine rings is 2. The first kappa shape index (κ1) is 88.8. The van der Waals surface area contributed by atoms with Crippen molar-refractivity contribution < 1.29 is 4.39 Å². The SMILES string of the molecule is CCN(CC)Cc1cccc2c1cc(C#CCNc1ccc(F)cc1)n2CC.CCN(CC)Cc1cccc2c1cc(C#CCNc1ccccc1)n2CC.CCn1c(C#CCNc2ccc(C)cc2)cc2c(CN3CCC(N(C)C)CC3)cccc21.CCn1c(C#CCNc2ccnc(C)c2)cc2c(CN3CCC(N(C)C)CC3)cccc21. The quantitative estimate of drug-likeness (QED) is 0.0390. The fourth-order valence-corrected chi connectivity index (χ4v) is 16.3. The second-order valence-corrected chi connectivity index (χ2v) is 31.4. The second kappa shape index (κ2) is 45.2. The van der Waals surface area contributed by atoms with Gasteiger partial charge < -0.3 is 49.3 Å². The molecule has 0 aliphatic carbocycles. The number of hydrogen-bond acceptors (Lipinski definition) is 11. The van der Waals surface area contributed by atoms with Crippen molar-refractivity contribution >= 4 is 66.4 Å². The highest BCUT2D eigenvalue weighted by molar-refractivity contribution is 5.89.